The first-order chi connectivity index (χ1) is 6.07. The molecule has 14 heavy (non-hydrogen) atoms. The average Bonchev–Trinajstić information content (AvgIpc) is 1.81. The van der Waals surface area contributed by atoms with Gasteiger partial charge >= 0.3 is 27.6 Å². The maximum Gasteiger partial charge on any atom is 0.412 e. The van der Waals surface area contributed by atoms with Crippen molar-refractivity contribution >= 4 is 27.6 Å². The fourth-order valence-electron chi connectivity index (χ4n) is 0.0861. The molecule has 0 aliphatic rings. The molecule has 0 heterocycles. The van der Waals surface area contributed by atoms with E-state index in [0.717, 1.165) is 0 Å². The van der Waals surface area contributed by atoms with Gasteiger partial charge in [0.1, 0.15) is 0 Å². The zero-order valence-corrected chi connectivity index (χ0v) is 8.38. The lowest BCUT2D eigenvalue weighted by Gasteiger charge is -1.91. The Morgan fingerprint density at radius 2 is 1.57 bits per heavy atom. The number of nitrogens with two attached hydrogens (primary N) is 2. The van der Waals surface area contributed by atoms with Gasteiger partial charge in [0.2, 0.25) is 0 Å². The molecule has 0 bridgehead atoms. The highest BCUT2D eigenvalue weighted by Gasteiger charge is 2.20. The van der Waals surface area contributed by atoms with Crippen molar-refractivity contribution in [2.24, 2.45) is 11.5 Å². The van der Waals surface area contributed by atoms with Crippen LogP contribution in [-0.4, -0.2) is 26.4 Å². The third-order valence-electron chi connectivity index (χ3n) is 0.475. The summed E-state index contributed by atoms with van der Waals surface area (Å²) in [7, 11) is -7.76. The summed E-state index contributed by atoms with van der Waals surface area (Å²) in [6, 6.07) is 0. The monoisotopic (exact) mass is 250 g/mol. The van der Waals surface area contributed by atoms with Crippen molar-refractivity contribution in [2.75, 3.05) is 0 Å². The number of carbonyl (C=O) groups is 2. The molecule has 2 amide bonds. The van der Waals surface area contributed by atoms with Gasteiger partial charge in [-0.3, -0.25) is 4.79 Å². The topological polar surface area (TPSA) is 190 Å². The highest BCUT2D eigenvalue weighted by atomic mass is 31.2. The van der Waals surface area contributed by atoms with Crippen LogP contribution in [-0.2, 0) is 13.7 Å². The van der Waals surface area contributed by atoms with Crippen molar-refractivity contribution in [1.82, 2.24) is 0 Å². The normalized spacial score (nSPS) is 11.9. The van der Waals surface area contributed by atoms with Gasteiger partial charge in [-0.2, -0.15) is 0 Å². The second-order valence-corrected chi connectivity index (χ2v) is 3.83. The van der Waals surface area contributed by atoms with E-state index in [1.54, 1.807) is 0 Å². The zero-order chi connectivity index (χ0) is 11.9. The molecule has 1 unspecified atom stereocenters. The summed E-state index contributed by atoms with van der Waals surface area (Å²) in [6.07, 6.45) is -1.23. The van der Waals surface area contributed by atoms with Crippen molar-refractivity contribution in [3.63, 3.8) is 0 Å². The van der Waals surface area contributed by atoms with Crippen LogP contribution in [0, 0.1) is 0 Å². The zero-order valence-electron chi connectivity index (χ0n) is 6.48. The van der Waals surface area contributed by atoms with Crippen molar-refractivity contribution in [3.8, 4) is 0 Å². The van der Waals surface area contributed by atoms with Crippen LogP contribution >= 0.6 is 15.9 Å². The summed E-state index contributed by atoms with van der Waals surface area (Å²) in [5.41, 5.74) is 6.87. The lowest BCUT2D eigenvalue weighted by atomic mass is 11.3. The first kappa shape index (κ1) is 15.5. The minimum atomic E-state index is -4.60. The Hall–Kier alpha value is -0.920. The fourth-order valence-corrected chi connectivity index (χ4v) is 0.258. The standard InChI is InChI=1S/2CH4NO4P/c2-1(3)7(4,5)6;2-1(3)6-7(4)5/h(H2,2,3)(H2,4,5,6);7H,(H2,2,3)(H,4,5). The summed E-state index contributed by atoms with van der Waals surface area (Å²) in [5.74, 6) is 0. The van der Waals surface area contributed by atoms with Crippen LogP contribution in [0.4, 0.5) is 9.59 Å². The summed E-state index contributed by atoms with van der Waals surface area (Å²) in [5, 5.41) is 0. The highest BCUT2D eigenvalue weighted by molar-refractivity contribution is 7.69. The second kappa shape index (κ2) is 6.52. The maximum absolute atomic E-state index is 9.55. The smallest absolute Gasteiger partial charge is 0.377 e. The molecule has 0 aliphatic carbocycles. The molecule has 1 atom stereocenters. The molecule has 0 aromatic carbocycles. The van der Waals surface area contributed by atoms with Crippen LogP contribution < -0.4 is 11.5 Å². The molecule has 0 rings (SSSR count). The first-order valence-corrected chi connectivity index (χ1v) is 5.50. The van der Waals surface area contributed by atoms with E-state index in [4.69, 9.17) is 14.7 Å². The Balaban J connectivity index is 0. The van der Waals surface area contributed by atoms with Gasteiger partial charge < -0.3 is 30.7 Å². The molecule has 12 heteroatoms. The van der Waals surface area contributed by atoms with E-state index in [1.165, 1.54) is 0 Å². The van der Waals surface area contributed by atoms with Crippen LogP contribution in [0.25, 0.3) is 0 Å². The van der Waals surface area contributed by atoms with Crippen LogP contribution in [0.3, 0.4) is 0 Å². The van der Waals surface area contributed by atoms with E-state index in [9.17, 15) is 18.7 Å². The van der Waals surface area contributed by atoms with Gasteiger partial charge in [-0.25, -0.2) is 13.9 Å². The Bertz CT molecular complexity index is 269. The van der Waals surface area contributed by atoms with E-state index in [0.29, 0.717) is 0 Å². The van der Waals surface area contributed by atoms with E-state index in [-0.39, 0.29) is 0 Å². The Morgan fingerprint density at radius 3 is 1.57 bits per heavy atom. The van der Waals surface area contributed by atoms with Crippen LogP contribution in [0.5, 0.6) is 0 Å². The summed E-state index contributed by atoms with van der Waals surface area (Å²) >= 11 is 0. The Morgan fingerprint density at radius 1 is 1.29 bits per heavy atom. The predicted octanol–water partition coefficient (Wildman–Crippen LogP) is -1.29. The quantitative estimate of drug-likeness (QED) is 0.373. The third kappa shape index (κ3) is 13.7. The number of primary amides is 2. The molecule has 0 fully saturated rings. The molecule has 0 aromatic heterocycles. The number of carbonyl (C=O) groups excluding carboxylic acids is 2. The van der Waals surface area contributed by atoms with Crippen LogP contribution in [0.1, 0.15) is 0 Å². The minimum absolute atomic E-state index is 1.23. The van der Waals surface area contributed by atoms with Crippen LogP contribution in [0.15, 0.2) is 0 Å². The second-order valence-electron chi connectivity index (χ2n) is 1.57. The molecule has 10 nitrogen and oxygen atoms in total. The van der Waals surface area contributed by atoms with Gasteiger partial charge in [0.05, 0.1) is 0 Å². The van der Waals surface area contributed by atoms with Crippen LogP contribution in [0.2, 0.25) is 0 Å². The Kier molecular flexibility index (Phi) is 7.24. The molecule has 84 valence electrons. The summed E-state index contributed by atoms with van der Waals surface area (Å²) in [6.45, 7) is 0. The summed E-state index contributed by atoms with van der Waals surface area (Å²) < 4.78 is 22.5. The van der Waals surface area contributed by atoms with Gasteiger partial charge in [0, 0.05) is 0 Å². The number of amides is 2. The Labute approximate surface area is 78.0 Å². The largest absolute Gasteiger partial charge is 0.412 e. The molecule has 0 aliphatic heterocycles. The molecule has 0 spiro atoms. The molecule has 7 N–H and O–H groups in total. The predicted molar refractivity (Wildman–Crippen MR) is 43.5 cm³/mol. The van der Waals surface area contributed by atoms with Crippen molar-refractivity contribution < 1.29 is 37.9 Å². The van der Waals surface area contributed by atoms with E-state index >= 15 is 0 Å². The molecule has 0 radical (unpaired) electrons. The van der Waals surface area contributed by atoms with E-state index < -0.39 is 27.6 Å². The lowest BCUT2D eigenvalue weighted by Crippen LogP contribution is -2.07. The van der Waals surface area contributed by atoms with Gasteiger partial charge in [-0.15, -0.1) is 0 Å². The molecule has 0 saturated carbocycles. The average molecular weight is 250 g/mol. The van der Waals surface area contributed by atoms with Gasteiger partial charge in [0.15, 0.2) is 0 Å². The van der Waals surface area contributed by atoms with E-state index in [2.05, 4.69) is 16.0 Å². The van der Waals surface area contributed by atoms with E-state index in [1.807, 2.05) is 0 Å². The molecule has 0 saturated heterocycles. The maximum atomic E-state index is 9.55. The van der Waals surface area contributed by atoms with Crippen molar-refractivity contribution in [1.29, 1.82) is 0 Å². The lowest BCUT2D eigenvalue weighted by molar-refractivity contribution is 0.207. The SMILES string of the molecule is NC(=O)O[PH](=O)O.NC(=O)P(=O)(O)O. The molecular formula is C2H8N2O8P2. The van der Waals surface area contributed by atoms with Gasteiger partial charge in [-0.1, -0.05) is 0 Å². The fraction of sp³-hybridized carbons (Fsp3) is 0. The minimum Gasteiger partial charge on any atom is -0.377 e. The molecular weight excluding hydrogens is 242 g/mol. The number of hydrogen-bond acceptors (Lipinski definition) is 5. The highest BCUT2D eigenvalue weighted by Crippen LogP contribution is 2.33. The number of rotatable bonds is 2. The van der Waals surface area contributed by atoms with Crippen molar-refractivity contribution in [2.45, 2.75) is 0 Å². The van der Waals surface area contributed by atoms with Crippen molar-refractivity contribution in [3.05, 3.63) is 0 Å². The van der Waals surface area contributed by atoms with Gasteiger partial charge in [0.25, 0.3) is 0 Å². The summed E-state index contributed by atoms with van der Waals surface area (Å²) in [4.78, 5) is 42.2. The third-order valence-corrected chi connectivity index (χ3v) is 1.42. The van der Waals surface area contributed by atoms with Gasteiger partial charge in [-0.05, 0) is 0 Å². The number of hydrogen-bond donors (Lipinski definition) is 5. The first-order valence-electron chi connectivity index (χ1n) is 2.63. The molecule has 0 aromatic rings.